The van der Waals surface area contributed by atoms with Crippen LogP contribution in [0.3, 0.4) is 0 Å². The standard InChI is InChI=1S/C49H72O12/c1-26-16-38-29(19-30-21-46(52)58-39(30)17-26)20-41-40(56-38)18-28(3)47-37(55-41)10-6-5-9-33-34(59-47)11-7-13-36-35(54-33)12-8-14-45-49(4,61-36)24-44-42(57-45)23-43-48(60-44)32(51)22-31(53-43)15-27(2)25-50/h5-7,13,25-45,47-48,51H,8-12,14-24H2,1-4H3/b6-5-,13-7-/t26-,27-,28?,29-,30+,31?,32-,33+,34?,35-,36?,37-,38?,39?,40?,41+,42-,43+,44?,45+,47?,48?,49?/m0/s1. The zero-order chi connectivity index (χ0) is 42.0. The highest BCUT2D eigenvalue weighted by Crippen LogP contribution is 2.48. The third-order valence-electron chi connectivity index (χ3n) is 16.6. The highest BCUT2D eigenvalue weighted by Gasteiger charge is 2.56. The Morgan fingerprint density at radius 2 is 1.43 bits per heavy atom. The van der Waals surface area contributed by atoms with E-state index in [0.717, 1.165) is 70.5 Å². The molecule has 0 radical (unpaired) electrons. The van der Waals surface area contributed by atoms with Crippen molar-refractivity contribution in [2.45, 2.75) is 240 Å². The van der Waals surface area contributed by atoms with Gasteiger partial charge in [-0.1, -0.05) is 45.1 Å². The fraction of sp³-hybridized carbons (Fsp3) is 0.878. The number of fused-ring (bicyclic) bond motifs is 9. The first-order valence-electron chi connectivity index (χ1n) is 24.4. The van der Waals surface area contributed by atoms with E-state index in [0.29, 0.717) is 50.4 Å². The van der Waals surface area contributed by atoms with Gasteiger partial charge in [0.05, 0.1) is 97.5 Å². The average molecular weight is 853 g/mol. The summed E-state index contributed by atoms with van der Waals surface area (Å²) in [5.41, 5.74) is -0.599. The zero-order valence-electron chi connectivity index (χ0n) is 36.8. The summed E-state index contributed by atoms with van der Waals surface area (Å²) in [4.78, 5) is 23.7. The zero-order valence-corrected chi connectivity index (χ0v) is 36.8. The van der Waals surface area contributed by atoms with Crippen molar-refractivity contribution in [1.29, 1.82) is 0 Å². The van der Waals surface area contributed by atoms with Crippen LogP contribution in [0.25, 0.3) is 0 Å². The van der Waals surface area contributed by atoms with Gasteiger partial charge < -0.3 is 52.5 Å². The molecule has 12 nitrogen and oxygen atoms in total. The Kier molecular flexibility index (Phi) is 12.7. The summed E-state index contributed by atoms with van der Waals surface area (Å²) >= 11 is 0. The molecular weight excluding hydrogens is 781 g/mol. The average Bonchev–Trinajstić information content (AvgIpc) is 3.51. The predicted octanol–water partition coefficient (Wildman–Crippen LogP) is 6.51. The molecule has 9 aliphatic heterocycles. The second kappa shape index (κ2) is 17.9. The molecule has 340 valence electrons. The number of aliphatic hydroxyl groups excluding tert-OH is 1. The smallest absolute Gasteiger partial charge is 0.306 e. The maximum atomic E-state index is 12.3. The molecule has 0 bridgehead atoms. The van der Waals surface area contributed by atoms with Crippen molar-refractivity contribution in [1.82, 2.24) is 0 Å². The Balaban J connectivity index is 0.809. The molecule has 0 amide bonds. The van der Waals surface area contributed by atoms with Gasteiger partial charge in [0.1, 0.15) is 24.6 Å². The lowest BCUT2D eigenvalue weighted by atomic mass is 9.73. The van der Waals surface area contributed by atoms with Gasteiger partial charge in [0.15, 0.2) is 0 Å². The van der Waals surface area contributed by atoms with E-state index in [-0.39, 0.29) is 115 Å². The van der Waals surface area contributed by atoms with Crippen molar-refractivity contribution in [2.24, 2.45) is 29.6 Å². The van der Waals surface area contributed by atoms with Crippen LogP contribution in [0.2, 0.25) is 0 Å². The Hall–Kier alpha value is -1.74. The van der Waals surface area contributed by atoms with Crippen LogP contribution >= 0.6 is 0 Å². The molecule has 1 saturated carbocycles. The summed E-state index contributed by atoms with van der Waals surface area (Å²) in [6.45, 7) is 8.68. The summed E-state index contributed by atoms with van der Waals surface area (Å²) in [7, 11) is 0. The number of rotatable bonds is 3. The highest BCUT2D eigenvalue weighted by molar-refractivity contribution is 5.72. The summed E-state index contributed by atoms with van der Waals surface area (Å²) < 4.78 is 61.6. The first-order chi connectivity index (χ1) is 29.5. The molecule has 7 saturated heterocycles. The van der Waals surface area contributed by atoms with Gasteiger partial charge in [-0.05, 0) is 102 Å². The number of aliphatic hydroxyl groups is 1. The van der Waals surface area contributed by atoms with Crippen molar-refractivity contribution < 1.29 is 57.3 Å². The second-order valence-electron chi connectivity index (χ2n) is 21.4. The number of aldehydes is 1. The van der Waals surface area contributed by atoms with Gasteiger partial charge in [-0.25, -0.2) is 0 Å². The third-order valence-corrected chi connectivity index (χ3v) is 16.6. The van der Waals surface area contributed by atoms with E-state index in [4.69, 9.17) is 42.6 Å². The van der Waals surface area contributed by atoms with E-state index in [1.807, 2.05) is 6.92 Å². The molecule has 0 aromatic rings. The molecule has 0 aromatic carbocycles. The second-order valence-corrected chi connectivity index (χ2v) is 21.4. The topological polar surface area (TPSA) is 137 Å². The minimum absolute atomic E-state index is 0.000936. The van der Waals surface area contributed by atoms with Crippen molar-refractivity contribution >= 4 is 12.3 Å². The fourth-order valence-corrected chi connectivity index (χ4v) is 13.5. The Bertz CT molecular complexity index is 1620. The lowest BCUT2D eigenvalue weighted by Crippen LogP contribution is -2.65. The van der Waals surface area contributed by atoms with Crippen molar-refractivity contribution in [3.8, 4) is 0 Å². The third kappa shape index (κ3) is 8.99. The first-order valence-corrected chi connectivity index (χ1v) is 24.4. The van der Waals surface area contributed by atoms with Gasteiger partial charge in [0, 0.05) is 31.1 Å². The maximum absolute atomic E-state index is 12.3. The molecule has 11 unspecified atom stereocenters. The number of ether oxygens (including phenoxy) is 9. The quantitative estimate of drug-likeness (QED) is 0.188. The van der Waals surface area contributed by atoms with Crippen LogP contribution in [0, 0.1) is 29.6 Å². The van der Waals surface area contributed by atoms with Gasteiger partial charge in [0.2, 0.25) is 0 Å². The van der Waals surface area contributed by atoms with Crippen LogP contribution in [-0.4, -0.2) is 127 Å². The molecule has 61 heavy (non-hydrogen) atoms. The van der Waals surface area contributed by atoms with Crippen LogP contribution < -0.4 is 0 Å². The van der Waals surface area contributed by atoms with E-state index >= 15 is 0 Å². The number of hydrogen-bond donors (Lipinski definition) is 1. The van der Waals surface area contributed by atoms with Gasteiger partial charge in [-0.2, -0.15) is 0 Å². The molecule has 9 heterocycles. The fourth-order valence-electron chi connectivity index (χ4n) is 13.5. The van der Waals surface area contributed by atoms with E-state index in [1.165, 1.54) is 0 Å². The molecule has 10 rings (SSSR count). The summed E-state index contributed by atoms with van der Waals surface area (Å²) in [5, 5.41) is 11.2. The summed E-state index contributed by atoms with van der Waals surface area (Å²) in [6, 6.07) is 0. The molecule has 1 N–H and O–H groups in total. The van der Waals surface area contributed by atoms with Crippen LogP contribution in [0.5, 0.6) is 0 Å². The van der Waals surface area contributed by atoms with E-state index in [2.05, 4.69) is 45.1 Å². The maximum Gasteiger partial charge on any atom is 0.306 e. The lowest BCUT2D eigenvalue weighted by Gasteiger charge is -2.55. The first kappa shape index (κ1) is 43.2. The number of carbonyl (C=O) groups excluding carboxylic acids is 2. The van der Waals surface area contributed by atoms with E-state index in [1.54, 1.807) is 0 Å². The molecular formula is C49H72O12. The number of carbonyl (C=O) groups is 2. The van der Waals surface area contributed by atoms with E-state index < -0.39 is 17.8 Å². The predicted molar refractivity (Wildman–Crippen MR) is 222 cm³/mol. The van der Waals surface area contributed by atoms with Crippen LogP contribution in [0.4, 0.5) is 0 Å². The Morgan fingerprint density at radius 3 is 2.28 bits per heavy atom. The minimum Gasteiger partial charge on any atom is -0.462 e. The molecule has 0 aromatic heterocycles. The normalized spacial score (nSPS) is 53.9. The monoisotopic (exact) mass is 853 g/mol. The molecule has 1 aliphatic carbocycles. The van der Waals surface area contributed by atoms with Crippen LogP contribution in [-0.2, 0) is 52.2 Å². The SMILES string of the molecule is CC1CC2OC3C[C@H](C)CC4OC(=O)C[C@H]4C[C@H]3C[C@H]2O[C@H]2C/C=C\C[C@H]3O[C@H]4CCC[C@H]5O[C@H]6C[C@H]7OC(C[C@H](C)C=O)C[C@H](O)C7OC6CC5(C)OC4/C=C\CC3OC12. The van der Waals surface area contributed by atoms with E-state index in [9.17, 15) is 14.7 Å². The molecule has 23 atom stereocenters. The van der Waals surface area contributed by atoms with Gasteiger partial charge in [0.25, 0.3) is 0 Å². The summed E-state index contributed by atoms with van der Waals surface area (Å²) in [5.74, 6) is 1.16. The molecule has 10 aliphatic rings. The molecule has 12 heteroatoms. The molecule has 8 fully saturated rings. The highest BCUT2D eigenvalue weighted by atomic mass is 16.6. The Morgan fingerprint density at radius 1 is 0.705 bits per heavy atom. The van der Waals surface area contributed by atoms with Gasteiger partial charge >= 0.3 is 5.97 Å². The van der Waals surface area contributed by atoms with Crippen LogP contribution in [0.15, 0.2) is 24.3 Å². The summed E-state index contributed by atoms with van der Waals surface area (Å²) in [6.07, 6.45) is 20.1. The van der Waals surface area contributed by atoms with Gasteiger partial charge in [-0.15, -0.1) is 0 Å². The van der Waals surface area contributed by atoms with Crippen molar-refractivity contribution in [3.05, 3.63) is 24.3 Å². The van der Waals surface area contributed by atoms with Gasteiger partial charge in [-0.3, -0.25) is 4.79 Å². The Labute approximate surface area is 362 Å². The van der Waals surface area contributed by atoms with Crippen LogP contribution in [0.1, 0.15) is 130 Å². The van der Waals surface area contributed by atoms with Crippen molar-refractivity contribution in [2.75, 3.05) is 0 Å². The number of esters is 1. The number of hydrogen-bond acceptors (Lipinski definition) is 12. The van der Waals surface area contributed by atoms with Crippen molar-refractivity contribution in [3.63, 3.8) is 0 Å². The molecule has 0 spiro atoms. The lowest BCUT2D eigenvalue weighted by molar-refractivity contribution is -0.316. The largest absolute Gasteiger partial charge is 0.462 e. The minimum atomic E-state index is -0.650.